The molecule has 4 bridgehead atoms. The molecule has 2 amide bonds. The van der Waals surface area contributed by atoms with E-state index in [4.69, 9.17) is 16.3 Å². The van der Waals surface area contributed by atoms with Gasteiger partial charge in [0, 0.05) is 41.7 Å². The number of carbonyl (C=O) groups is 2. The third-order valence-corrected chi connectivity index (χ3v) is 9.61. The fourth-order valence-electron chi connectivity index (χ4n) is 7.82. The Balaban J connectivity index is 1.01. The van der Waals surface area contributed by atoms with Crippen molar-refractivity contribution in [1.29, 1.82) is 0 Å². The van der Waals surface area contributed by atoms with Gasteiger partial charge in [0.2, 0.25) is 5.91 Å². The Morgan fingerprint density at radius 1 is 1.10 bits per heavy atom. The average Bonchev–Trinajstić information content (AvgIpc) is 3.22. The van der Waals surface area contributed by atoms with Crippen LogP contribution in [0.2, 0.25) is 5.02 Å². The number of amides is 2. The van der Waals surface area contributed by atoms with E-state index < -0.39 is 23.1 Å². The van der Waals surface area contributed by atoms with Crippen LogP contribution in [0.1, 0.15) is 49.7 Å². The van der Waals surface area contributed by atoms with E-state index >= 15 is 0 Å². The SMILES string of the molecule is O=C(COc1ccc(CC2CCN(C3C4CC5CC3CC(O)(C5)C4)C2=O)c(Cl)c1)NCc1ccc(F)cc1F. The molecule has 0 aromatic heterocycles. The highest BCUT2D eigenvalue weighted by molar-refractivity contribution is 6.31. The normalized spacial score (nSPS) is 31.1. The van der Waals surface area contributed by atoms with E-state index in [1.807, 2.05) is 6.07 Å². The Kier molecular flexibility index (Phi) is 7.04. The van der Waals surface area contributed by atoms with E-state index in [1.165, 1.54) is 6.07 Å². The Hall–Kier alpha value is -2.71. The summed E-state index contributed by atoms with van der Waals surface area (Å²) in [7, 11) is 0. The van der Waals surface area contributed by atoms with Crippen LogP contribution in [0.4, 0.5) is 8.78 Å². The third kappa shape index (κ3) is 5.38. The molecule has 6 nitrogen and oxygen atoms in total. The Morgan fingerprint density at radius 3 is 2.54 bits per heavy atom. The first-order chi connectivity index (χ1) is 18.7. The zero-order valence-electron chi connectivity index (χ0n) is 21.7. The van der Waals surface area contributed by atoms with Crippen LogP contribution in [0, 0.1) is 35.3 Å². The fraction of sp³-hybridized carbons (Fsp3) is 0.533. The lowest BCUT2D eigenvalue weighted by Crippen LogP contribution is -2.62. The minimum atomic E-state index is -0.723. The number of nitrogens with zero attached hydrogens (tertiary/aromatic N) is 1. The van der Waals surface area contributed by atoms with Gasteiger partial charge in [-0.3, -0.25) is 9.59 Å². The molecule has 208 valence electrons. The number of ether oxygens (including phenoxy) is 1. The van der Waals surface area contributed by atoms with Gasteiger partial charge in [-0.25, -0.2) is 8.78 Å². The molecule has 5 fully saturated rings. The molecular weight excluding hydrogens is 526 g/mol. The second-order valence-corrected chi connectivity index (χ2v) is 12.4. The maximum absolute atomic E-state index is 13.7. The molecule has 2 aromatic carbocycles. The molecule has 9 heteroatoms. The lowest BCUT2D eigenvalue weighted by atomic mass is 9.52. The summed E-state index contributed by atoms with van der Waals surface area (Å²) < 4.78 is 32.3. The van der Waals surface area contributed by atoms with Crippen LogP contribution in [-0.4, -0.2) is 46.6 Å². The van der Waals surface area contributed by atoms with Crippen molar-refractivity contribution in [3.05, 3.63) is 64.2 Å². The molecule has 1 aliphatic heterocycles. The summed E-state index contributed by atoms with van der Waals surface area (Å²) in [5.41, 5.74) is 0.533. The van der Waals surface area contributed by atoms with Gasteiger partial charge >= 0.3 is 0 Å². The minimum Gasteiger partial charge on any atom is -0.484 e. The smallest absolute Gasteiger partial charge is 0.258 e. The summed E-state index contributed by atoms with van der Waals surface area (Å²) >= 11 is 6.54. The fourth-order valence-corrected chi connectivity index (χ4v) is 8.07. The van der Waals surface area contributed by atoms with Gasteiger partial charge in [-0.2, -0.15) is 0 Å². The van der Waals surface area contributed by atoms with E-state index in [-0.39, 0.29) is 36.6 Å². The lowest BCUT2D eigenvalue weighted by molar-refractivity contribution is -0.168. The highest BCUT2D eigenvalue weighted by Gasteiger charge is 2.57. The molecule has 0 spiro atoms. The van der Waals surface area contributed by atoms with E-state index in [0.717, 1.165) is 62.8 Å². The highest BCUT2D eigenvalue weighted by Crippen LogP contribution is 2.57. The maximum atomic E-state index is 13.7. The highest BCUT2D eigenvalue weighted by atomic mass is 35.5. The zero-order chi connectivity index (χ0) is 27.3. The molecule has 1 saturated heterocycles. The van der Waals surface area contributed by atoms with Crippen molar-refractivity contribution in [2.75, 3.05) is 13.2 Å². The Labute approximate surface area is 231 Å². The van der Waals surface area contributed by atoms with E-state index in [0.29, 0.717) is 34.9 Å². The van der Waals surface area contributed by atoms with Crippen molar-refractivity contribution < 1.29 is 28.2 Å². The number of hydrogen-bond donors (Lipinski definition) is 2. The van der Waals surface area contributed by atoms with Crippen LogP contribution in [0.3, 0.4) is 0 Å². The average molecular weight is 559 g/mol. The molecular formula is C30H33ClF2N2O4. The van der Waals surface area contributed by atoms with Crippen molar-refractivity contribution >= 4 is 23.4 Å². The number of likely N-dealkylation sites (tertiary alicyclic amines) is 1. The van der Waals surface area contributed by atoms with Gasteiger partial charge in [0.1, 0.15) is 17.4 Å². The van der Waals surface area contributed by atoms with Gasteiger partial charge in [0.05, 0.1) is 5.60 Å². The van der Waals surface area contributed by atoms with E-state index in [9.17, 15) is 23.5 Å². The van der Waals surface area contributed by atoms with Crippen LogP contribution in [0.25, 0.3) is 0 Å². The van der Waals surface area contributed by atoms with Gasteiger partial charge in [0.25, 0.3) is 5.91 Å². The molecule has 4 saturated carbocycles. The van der Waals surface area contributed by atoms with Crippen LogP contribution >= 0.6 is 11.6 Å². The predicted molar refractivity (Wildman–Crippen MR) is 141 cm³/mol. The molecule has 39 heavy (non-hydrogen) atoms. The minimum absolute atomic E-state index is 0.0791. The second kappa shape index (κ2) is 10.4. The van der Waals surface area contributed by atoms with Gasteiger partial charge in [-0.05, 0) is 86.5 Å². The van der Waals surface area contributed by atoms with Crippen molar-refractivity contribution in [3.63, 3.8) is 0 Å². The second-order valence-electron chi connectivity index (χ2n) is 12.0. The van der Waals surface area contributed by atoms with Crippen LogP contribution in [0.15, 0.2) is 36.4 Å². The van der Waals surface area contributed by atoms with Gasteiger partial charge in [-0.1, -0.05) is 23.7 Å². The maximum Gasteiger partial charge on any atom is 0.258 e. The van der Waals surface area contributed by atoms with Crippen molar-refractivity contribution in [3.8, 4) is 5.75 Å². The van der Waals surface area contributed by atoms with E-state index in [1.54, 1.807) is 12.1 Å². The first kappa shape index (κ1) is 26.5. The number of aliphatic hydroxyl groups is 1. The molecule has 3 unspecified atom stereocenters. The summed E-state index contributed by atoms with van der Waals surface area (Å²) in [6.07, 6.45) is 6.20. The molecule has 0 radical (unpaired) electrons. The molecule has 3 atom stereocenters. The standard InChI is InChI=1S/C30H33ClF2N2O4/c31-25-11-24(39-16-27(36)34-15-20-1-3-23(32)10-26(20)33)4-2-18(25)9-19-5-6-35(29(19)37)28-21-7-17-8-22(28)14-30(38,12-17)13-21/h1-4,10-11,17,19,21-22,28,38H,5-9,12-16H2,(H,34,36). The molecule has 5 aliphatic rings. The van der Waals surface area contributed by atoms with Crippen LogP contribution in [-0.2, 0) is 22.6 Å². The largest absolute Gasteiger partial charge is 0.484 e. The number of rotatable bonds is 8. The summed E-state index contributed by atoms with van der Waals surface area (Å²) in [4.78, 5) is 27.7. The summed E-state index contributed by atoms with van der Waals surface area (Å²) in [5.74, 6) is 0.0816. The lowest BCUT2D eigenvalue weighted by Gasteiger charge is -2.59. The molecule has 7 rings (SSSR count). The van der Waals surface area contributed by atoms with Crippen molar-refractivity contribution in [1.82, 2.24) is 10.2 Å². The summed E-state index contributed by atoms with van der Waals surface area (Å²) in [6.45, 7) is 0.401. The quantitative estimate of drug-likeness (QED) is 0.495. The first-order valence-electron chi connectivity index (χ1n) is 13.8. The number of nitrogens with one attached hydrogen (secondary N) is 1. The van der Waals surface area contributed by atoms with E-state index in [2.05, 4.69) is 10.2 Å². The molecule has 1 heterocycles. The molecule has 2 N–H and O–H groups in total. The molecule has 2 aromatic rings. The monoisotopic (exact) mass is 558 g/mol. The third-order valence-electron chi connectivity index (χ3n) is 9.25. The summed E-state index contributed by atoms with van der Waals surface area (Å²) in [5, 5.41) is 13.9. The number of carbonyl (C=O) groups excluding carboxylic acids is 2. The van der Waals surface area contributed by atoms with Gasteiger partial charge in [0.15, 0.2) is 6.61 Å². The topological polar surface area (TPSA) is 78.9 Å². The Morgan fingerprint density at radius 2 is 1.85 bits per heavy atom. The van der Waals surface area contributed by atoms with Crippen LogP contribution in [0.5, 0.6) is 5.75 Å². The first-order valence-corrected chi connectivity index (χ1v) is 14.2. The summed E-state index contributed by atoms with van der Waals surface area (Å²) in [6, 6.07) is 8.64. The van der Waals surface area contributed by atoms with Crippen molar-refractivity contribution in [2.24, 2.45) is 23.7 Å². The number of halogens is 3. The molecule has 4 aliphatic carbocycles. The number of benzene rings is 2. The van der Waals surface area contributed by atoms with Gasteiger partial charge < -0.3 is 20.1 Å². The number of hydrogen-bond acceptors (Lipinski definition) is 4. The van der Waals surface area contributed by atoms with Crippen LogP contribution < -0.4 is 10.1 Å². The Bertz CT molecular complexity index is 1270. The van der Waals surface area contributed by atoms with Crippen molar-refractivity contribution in [2.45, 2.75) is 63.1 Å². The predicted octanol–water partition coefficient (Wildman–Crippen LogP) is 4.64. The zero-order valence-corrected chi connectivity index (χ0v) is 22.4. The van der Waals surface area contributed by atoms with Gasteiger partial charge in [-0.15, -0.1) is 0 Å².